The number of para-hydroxylation sites is 1. The molecule has 0 saturated heterocycles. The lowest BCUT2D eigenvalue weighted by atomic mass is 10.1. The van der Waals surface area contributed by atoms with Crippen molar-refractivity contribution in [2.24, 2.45) is 0 Å². The van der Waals surface area contributed by atoms with E-state index in [1.165, 1.54) is 0 Å². The third-order valence-corrected chi connectivity index (χ3v) is 4.29. The lowest BCUT2D eigenvalue weighted by Gasteiger charge is -2.17. The molecule has 2 aromatic carbocycles. The van der Waals surface area contributed by atoms with E-state index >= 15 is 0 Å². The Balaban J connectivity index is 1.69. The number of amides is 2. The van der Waals surface area contributed by atoms with Gasteiger partial charge >= 0.3 is 0 Å². The van der Waals surface area contributed by atoms with Gasteiger partial charge in [0.15, 0.2) is 0 Å². The summed E-state index contributed by atoms with van der Waals surface area (Å²) in [5.74, 6) is 0.367. The third-order valence-electron chi connectivity index (χ3n) is 4.29. The molecule has 28 heavy (non-hydrogen) atoms. The van der Waals surface area contributed by atoms with Crippen LogP contribution in [-0.2, 0) is 9.59 Å². The van der Waals surface area contributed by atoms with Gasteiger partial charge in [0.05, 0.1) is 13.1 Å². The number of anilines is 1. The number of benzene rings is 2. The van der Waals surface area contributed by atoms with Crippen LogP contribution in [0, 0.1) is 20.8 Å². The van der Waals surface area contributed by atoms with E-state index in [4.69, 9.17) is 4.74 Å². The summed E-state index contributed by atoms with van der Waals surface area (Å²) in [7, 11) is 1.84. The molecule has 6 heteroatoms. The summed E-state index contributed by atoms with van der Waals surface area (Å²) in [5.41, 5.74) is 3.98. The van der Waals surface area contributed by atoms with Gasteiger partial charge in [0, 0.05) is 12.2 Å². The molecule has 0 bridgehead atoms. The first-order valence-corrected chi connectivity index (χ1v) is 9.36. The van der Waals surface area contributed by atoms with Gasteiger partial charge < -0.3 is 15.4 Å². The molecular formula is C22H29N3O3. The van der Waals surface area contributed by atoms with Crippen LogP contribution in [0.4, 0.5) is 5.69 Å². The summed E-state index contributed by atoms with van der Waals surface area (Å²) in [6.07, 6.45) is 0. The van der Waals surface area contributed by atoms with Crippen molar-refractivity contribution < 1.29 is 14.3 Å². The van der Waals surface area contributed by atoms with Crippen molar-refractivity contribution in [1.29, 1.82) is 0 Å². The van der Waals surface area contributed by atoms with Crippen LogP contribution in [0.1, 0.15) is 16.7 Å². The number of carbonyl (C=O) groups is 2. The number of hydrogen-bond donors (Lipinski definition) is 2. The number of likely N-dealkylation sites (N-methyl/N-ethyl adjacent to an activating group) is 1. The Morgan fingerprint density at radius 1 is 1.00 bits per heavy atom. The van der Waals surface area contributed by atoms with Crippen LogP contribution < -0.4 is 15.4 Å². The highest BCUT2D eigenvalue weighted by Crippen LogP contribution is 2.21. The van der Waals surface area contributed by atoms with Crippen molar-refractivity contribution in [1.82, 2.24) is 10.2 Å². The fourth-order valence-corrected chi connectivity index (χ4v) is 2.96. The molecule has 0 heterocycles. The molecule has 0 aliphatic rings. The summed E-state index contributed by atoms with van der Waals surface area (Å²) >= 11 is 0. The minimum absolute atomic E-state index is 0.0556. The summed E-state index contributed by atoms with van der Waals surface area (Å²) in [4.78, 5) is 26.1. The Bertz CT molecular complexity index is 783. The predicted octanol–water partition coefficient (Wildman–Crippen LogP) is 2.68. The standard InChI is InChI=1S/C22H29N3O3/c1-16-12-17(2)22(18(3)13-16)24-20(26)14-23-21(27)15-25(4)10-11-28-19-8-6-5-7-9-19/h5-9,12-13H,10-11,14-15H2,1-4H3,(H,23,27)(H,24,26). The third kappa shape index (κ3) is 7.04. The summed E-state index contributed by atoms with van der Waals surface area (Å²) < 4.78 is 5.62. The van der Waals surface area contributed by atoms with Crippen molar-refractivity contribution in [3.8, 4) is 5.75 Å². The fourth-order valence-electron chi connectivity index (χ4n) is 2.96. The molecule has 0 radical (unpaired) electrons. The lowest BCUT2D eigenvalue weighted by molar-refractivity contribution is -0.124. The van der Waals surface area contributed by atoms with Gasteiger partial charge in [-0.15, -0.1) is 0 Å². The maximum atomic E-state index is 12.2. The summed E-state index contributed by atoms with van der Waals surface area (Å²) in [6, 6.07) is 13.6. The SMILES string of the molecule is Cc1cc(C)c(NC(=O)CNC(=O)CN(C)CCOc2ccccc2)c(C)c1. The second-order valence-electron chi connectivity index (χ2n) is 7.00. The monoisotopic (exact) mass is 383 g/mol. The van der Waals surface area contributed by atoms with Crippen LogP contribution in [-0.4, -0.2) is 50.0 Å². The number of nitrogens with zero attached hydrogens (tertiary/aromatic N) is 1. The zero-order valence-electron chi connectivity index (χ0n) is 17.0. The van der Waals surface area contributed by atoms with Crippen LogP contribution in [0.5, 0.6) is 5.75 Å². The number of aryl methyl sites for hydroxylation is 3. The van der Waals surface area contributed by atoms with Gasteiger partial charge in [0.2, 0.25) is 11.8 Å². The van der Waals surface area contributed by atoms with E-state index in [0.29, 0.717) is 13.2 Å². The molecule has 6 nitrogen and oxygen atoms in total. The van der Waals surface area contributed by atoms with E-state index in [2.05, 4.69) is 10.6 Å². The van der Waals surface area contributed by atoms with Gasteiger partial charge in [0.1, 0.15) is 12.4 Å². The van der Waals surface area contributed by atoms with Crippen LogP contribution in [0.25, 0.3) is 0 Å². The minimum Gasteiger partial charge on any atom is -0.492 e. The van der Waals surface area contributed by atoms with Crippen molar-refractivity contribution >= 4 is 17.5 Å². The van der Waals surface area contributed by atoms with Crippen LogP contribution in [0.2, 0.25) is 0 Å². The molecule has 0 unspecified atom stereocenters. The highest BCUT2D eigenvalue weighted by Gasteiger charge is 2.11. The molecule has 2 N–H and O–H groups in total. The Kier molecular flexibility index (Phi) is 8.02. The molecule has 2 rings (SSSR count). The van der Waals surface area contributed by atoms with Gasteiger partial charge in [-0.3, -0.25) is 14.5 Å². The topological polar surface area (TPSA) is 70.7 Å². The first kappa shape index (κ1) is 21.4. The largest absolute Gasteiger partial charge is 0.492 e. The normalized spacial score (nSPS) is 10.6. The fraction of sp³-hybridized carbons (Fsp3) is 0.364. The van der Waals surface area contributed by atoms with Crippen molar-refractivity contribution in [3.05, 3.63) is 59.2 Å². The first-order valence-electron chi connectivity index (χ1n) is 9.36. The van der Waals surface area contributed by atoms with Crippen LogP contribution >= 0.6 is 0 Å². The minimum atomic E-state index is -0.238. The number of carbonyl (C=O) groups excluding carboxylic acids is 2. The number of hydrogen-bond acceptors (Lipinski definition) is 4. The second kappa shape index (κ2) is 10.5. The molecule has 0 aliphatic carbocycles. The zero-order chi connectivity index (χ0) is 20.5. The van der Waals surface area contributed by atoms with Crippen molar-refractivity contribution in [2.45, 2.75) is 20.8 Å². The van der Waals surface area contributed by atoms with E-state index in [-0.39, 0.29) is 24.9 Å². The molecule has 0 aliphatic heterocycles. The highest BCUT2D eigenvalue weighted by molar-refractivity contribution is 5.96. The Morgan fingerprint density at radius 2 is 1.64 bits per heavy atom. The van der Waals surface area contributed by atoms with Gasteiger partial charge in [-0.05, 0) is 51.1 Å². The molecule has 0 saturated carbocycles. The highest BCUT2D eigenvalue weighted by atomic mass is 16.5. The van der Waals surface area contributed by atoms with Crippen molar-refractivity contribution in [3.63, 3.8) is 0 Å². The predicted molar refractivity (Wildman–Crippen MR) is 112 cm³/mol. The molecule has 2 amide bonds. The van der Waals surface area contributed by atoms with E-state index in [1.807, 2.05) is 75.2 Å². The first-order chi connectivity index (χ1) is 13.3. The van der Waals surface area contributed by atoms with Gasteiger partial charge in [-0.1, -0.05) is 35.9 Å². The molecule has 0 aromatic heterocycles. The van der Waals surface area contributed by atoms with E-state index < -0.39 is 0 Å². The van der Waals surface area contributed by atoms with Gasteiger partial charge in [-0.25, -0.2) is 0 Å². The Morgan fingerprint density at radius 3 is 2.29 bits per heavy atom. The molecule has 0 spiro atoms. The number of rotatable bonds is 9. The smallest absolute Gasteiger partial charge is 0.243 e. The average Bonchev–Trinajstić information content (AvgIpc) is 2.64. The average molecular weight is 383 g/mol. The molecule has 2 aromatic rings. The van der Waals surface area contributed by atoms with Crippen LogP contribution in [0.15, 0.2) is 42.5 Å². The molecule has 150 valence electrons. The van der Waals surface area contributed by atoms with Gasteiger partial charge in [0.25, 0.3) is 0 Å². The van der Waals surface area contributed by atoms with E-state index in [0.717, 1.165) is 28.1 Å². The quantitative estimate of drug-likeness (QED) is 0.698. The van der Waals surface area contributed by atoms with E-state index in [9.17, 15) is 9.59 Å². The molecular weight excluding hydrogens is 354 g/mol. The Hall–Kier alpha value is -2.86. The number of nitrogens with one attached hydrogen (secondary N) is 2. The molecule has 0 fully saturated rings. The summed E-state index contributed by atoms with van der Waals surface area (Å²) in [6.45, 7) is 7.18. The van der Waals surface area contributed by atoms with Crippen molar-refractivity contribution in [2.75, 3.05) is 38.6 Å². The maximum absolute atomic E-state index is 12.2. The zero-order valence-corrected chi connectivity index (χ0v) is 17.0. The summed E-state index contributed by atoms with van der Waals surface area (Å²) in [5, 5.41) is 5.54. The van der Waals surface area contributed by atoms with Gasteiger partial charge in [-0.2, -0.15) is 0 Å². The van der Waals surface area contributed by atoms with Crippen LogP contribution in [0.3, 0.4) is 0 Å². The second-order valence-corrected chi connectivity index (χ2v) is 7.00. The number of ether oxygens (including phenoxy) is 1. The van der Waals surface area contributed by atoms with E-state index in [1.54, 1.807) is 0 Å². The maximum Gasteiger partial charge on any atom is 0.243 e. The Labute approximate surface area is 166 Å². The lowest BCUT2D eigenvalue weighted by Crippen LogP contribution is -2.40. The molecule has 0 atom stereocenters.